The molecule has 2 nitrogen and oxygen atoms in total. The van der Waals surface area contributed by atoms with Gasteiger partial charge in [0.1, 0.15) is 0 Å². The summed E-state index contributed by atoms with van der Waals surface area (Å²) in [6.07, 6.45) is 21.1. The van der Waals surface area contributed by atoms with Crippen LogP contribution in [0, 0.1) is 0 Å². The predicted octanol–water partition coefficient (Wildman–Crippen LogP) is 6.63. The van der Waals surface area contributed by atoms with Crippen LogP contribution in [0.15, 0.2) is 0 Å². The molecule has 0 aliphatic carbocycles. The first-order valence-corrected chi connectivity index (χ1v) is 10.5. The first-order valence-electron chi connectivity index (χ1n) is 10.5. The summed E-state index contributed by atoms with van der Waals surface area (Å²) in [4.78, 5) is 0. The lowest BCUT2D eigenvalue weighted by Crippen LogP contribution is -1.95. The van der Waals surface area contributed by atoms with Gasteiger partial charge in [-0.15, -0.1) is 0 Å². The zero-order valence-electron chi connectivity index (χ0n) is 16.5. The Balaban J connectivity index is 0. The van der Waals surface area contributed by atoms with Gasteiger partial charge in [0.25, 0.3) is 0 Å². The van der Waals surface area contributed by atoms with Gasteiger partial charge in [0.15, 0.2) is 0 Å². The monoisotopic (exact) mass is 330 g/mol. The molecule has 142 valence electrons. The van der Waals surface area contributed by atoms with Crippen molar-refractivity contribution in [2.45, 2.75) is 130 Å². The fourth-order valence-electron chi connectivity index (χ4n) is 2.72. The minimum Gasteiger partial charge on any atom is -0.396 e. The van der Waals surface area contributed by atoms with Gasteiger partial charge < -0.3 is 10.2 Å². The number of aliphatic hydroxyl groups is 2. The molecule has 0 amide bonds. The third kappa shape index (κ3) is 30.4. The molecule has 0 spiro atoms. The molecule has 1 unspecified atom stereocenters. The first kappa shape index (κ1) is 25.2. The minimum absolute atomic E-state index is 0.102. The van der Waals surface area contributed by atoms with Crippen LogP contribution in [0.1, 0.15) is 124 Å². The Hall–Kier alpha value is -0.0800. The summed E-state index contributed by atoms with van der Waals surface area (Å²) in [5.74, 6) is 0. The highest BCUT2D eigenvalue weighted by Gasteiger charge is 1.93. The van der Waals surface area contributed by atoms with Crippen molar-refractivity contribution < 1.29 is 10.2 Å². The van der Waals surface area contributed by atoms with E-state index in [-0.39, 0.29) is 6.10 Å². The molecule has 2 heteroatoms. The molecule has 0 bridgehead atoms. The Labute approximate surface area is 147 Å². The van der Waals surface area contributed by atoms with E-state index >= 15 is 0 Å². The molecule has 0 heterocycles. The maximum Gasteiger partial charge on any atom is 0.0512 e. The van der Waals surface area contributed by atoms with Gasteiger partial charge in [-0.3, -0.25) is 0 Å². The van der Waals surface area contributed by atoms with Crippen molar-refractivity contribution >= 4 is 0 Å². The second-order valence-electron chi connectivity index (χ2n) is 6.96. The summed E-state index contributed by atoms with van der Waals surface area (Å²) in [5, 5.41) is 17.2. The van der Waals surface area contributed by atoms with Crippen LogP contribution >= 0.6 is 0 Å². The van der Waals surface area contributed by atoms with Crippen LogP contribution in [0.3, 0.4) is 0 Å². The second kappa shape index (κ2) is 24.2. The van der Waals surface area contributed by atoms with Crippen LogP contribution in [0.5, 0.6) is 0 Å². The Morgan fingerprint density at radius 2 is 0.913 bits per heavy atom. The quantitative estimate of drug-likeness (QED) is 0.312. The van der Waals surface area contributed by atoms with E-state index in [2.05, 4.69) is 13.8 Å². The Kier molecular flexibility index (Phi) is 26.5. The van der Waals surface area contributed by atoms with E-state index in [9.17, 15) is 0 Å². The van der Waals surface area contributed by atoms with Crippen molar-refractivity contribution in [3.63, 3.8) is 0 Å². The van der Waals surface area contributed by atoms with E-state index in [1.165, 1.54) is 83.5 Å². The summed E-state index contributed by atoms with van der Waals surface area (Å²) in [6.45, 7) is 6.52. The van der Waals surface area contributed by atoms with E-state index in [1.54, 1.807) is 0 Å². The zero-order chi connectivity index (χ0) is 17.6. The lowest BCUT2D eigenvalue weighted by Gasteiger charge is -2.02. The van der Waals surface area contributed by atoms with Crippen molar-refractivity contribution in [2.75, 3.05) is 6.61 Å². The maximum absolute atomic E-state index is 8.64. The zero-order valence-corrected chi connectivity index (χ0v) is 16.5. The fraction of sp³-hybridized carbons (Fsp3) is 1.00. The van der Waals surface area contributed by atoms with Gasteiger partial charge in [-0.1, -0.05) is 104 Å². The molecule has 2 N–H and O–H groups in total. The van der Waals surface area contributed by atoms with E-state index in [4.69, 9.17) is 10.2 Å². The minimum atomic E-state index is -0.102. The first-order chi connectivity index (χ1) is 11.2. The van der Waals surface area contributed by atoms with E-state index < -0.39 is 0 Å². The van der Waals surface area contributed by atoms with Crippen LogP contribution in [-0.4, -0.2) is 22.9 Å². The number of hydrogen-bond donors (Lipinski definition) is 2. The van der Waals surface area contributed by atoms with Gasteiger partial charge in [0, 0.05) is 6.61 Å². The van der Waals surface area contributed by atoms with E-state index in [0.717, 1.165) is 19.3 Å². The second-order valence-corrected chi connectivity index (χ2v) is 6.96. The van der Waals surface area contributed by atoms with Gasteiger partial charge in [0.05, 0.1) is 6.10 Å². The van der Waals surface area contributed by atoms with Crippen LogP contribution in [0.2, 0.25) is 0 Å². The highest BCUT2D eigenvalue weighted by Crippen LogP contribution is 2.12. The van der Waals surface area contributed by atoms with Gasteiger partial charge >= 0.3 is 0 Å². The summed E-state index contributed by atoms with van der Waals surface area (Å²) in [6, 6.07) is 0. The number of hydrogen-bond acceptors (Lipinski definition) is 2. The molecular formula is C21H46O2. The number of unbranched alkanes of at least 4 members (excludes halogenated alkanes) is 13. The third-order valence-electron chi connectivity index (χ3n) is 4.22. The number of rotatable bonds is 16. The van der Waals surface area contributed by atoms with E-state index in [1.807, 2.05) is 6.92 Å². The summed E-state index contributed by atoms with van der Waals surface area (Å²) in [7, 11) is 0. The lowest BCUT2D eigenvalue weighted by molar-refractivity contribution is 0.183. The van der Waals surface area contributed by atoms with Crippen molar-refractivity contribution in [1.82, 2.24) is 0 Å². The largest absolute Gasteiger partial charge is 0.396 e. The third-order valence-corrected chi connectivity index (χ3v) is 4.22. The van der Waals surface area contributed by atoms with E-state index in [0.29, 0.717) is 6.61 Å². The molecular weight excluding hydrogens is 284 g/mol. The molecule has 0 saturated carbocycles. The Bertz CT molecular complexity index is 167. The average Bonchev–Trinajstić information content (AvgIpc) is 2.52. The molecule has 0 rings (SSSR count). The van der Waals surface area contributed by atoms with Crippen molar-refractivity contribution in [3.8, 4) is 0 Å². The smallest absolute Gasteiger partial charge is 0.0512 e. The highest BCUT2D eigenvalue weighted by molar-refractivity contribution is 4.49. The predicted molar refractivity (Wildman–Crippen MR) is 104 cm³/mol. The van der Waals surface area contributed by atoms with Gasteiger partial charge in [-0.25, -0.2) is 0 Å². The molecule has 0 aliphatic heterocycles. The molecule has 0 aromatic heterocycles. The summed E-state index contributed by atoms with van der Waals surface area (Å²) >= 11 is 0. The molecule has 0 fully saturated rings. The molecule has 0 saturated heterocycles. The standard InChI is InChI=1S/C16H34O.C5H12O/c1-2-3-4-5-6-7-8-9-10-11-12-13-14-15-16-17;1-3-4-5(2)6/h17H,2-16H2,1H3;5-6H,3-4H2,1-2H3. The molecule has 1 atom stereocenters. The van der Waals surface area contributed by atoms with Crippen molar-refractivity contribution in [3.05, 3.63) is 0 Å². The van der Waals surface area contributed by atoms with Gasteiger partial charge in [0.2, 0.25) is 0 Å². The Morgan fingerprint density at radius 3 is 1.13 bits per heavy atom. The van der Waals surface area contributed by atoms with Crippen LogP contribution in [0.4, 0.5) is 0 Å². The SMILES string of the molecule is CCCC(C)O.CCCCCCCCCCCCCCCCO. The lowest BCUT2D eigenvalue weighted by atomic mass is 10.0. The maximum atomic E-state index is 8.64. The van der Waals surface area contributed by atoms with Crippen LogP contribution < -0.4 is 0 Å². The van der Waals surface area contributed by atoms with Crippen molar-refractivity contribution in [2.24, 2.45) is 0 Å². The fourth-order valence-corrected chi connectivity index (χ4v) is 2.72. The van der Waals surface area contributed by atoms with Gasteiger partial charge in [-0.2, -0.15) is 0 Å². The van der Waals surface area contributed by atoms with Crippen LogP contribution in [-0.2, 0) is 0 Å². The molecule has 0 aromatic carbocycles. The van der Waals surface area contributed by atoms with Crippen molar-refractivity contribution in [1.29, 1.82) is 0 Å². The summed E-state index contributed by atoms with van der Waals surface area (Å²) in [5.41, 5.74) is 0. The van der Waals surface area contributed by atoms with Crippen LogP contribution in [0.25, 0.3) is 0 Å². The molecule has 0 aliphatic rings. The highest BCUT2D eigenvalue weighted by atomic mass is 16.3. The topological polar surface area (TPSA) is 40.5 Å². The summed E-state index contributed by atoms with van der Waals surface area (Å²) < 4.78 is 0. The van der Waals surface area contributed by atoms with Gasteiger partial charge in [-0.05, 0) is 19.8 Å². The molecule has 0 aromatic rings. The average molecular weight is 331 g/mol. The normalized spacial score (nSPS) is 11.9. The Morgan fingerprint density at radius 1 is 0.565 bits per heavy atom. The molecule has 0 radical (unpaired) electrons. The number of aliphatic hydroxyl groups excluding tert-OH is 2. The molecule has 23 heavy (non-hydrogen) atoms.